The van der Waals surface area contributed by atoms with E-state index in [1.54, 1.807) is 0 Å². The molecule has 0 spiro atoms. The van der Waals surface area contributed by atoms with Crippen molar-refractivity contribution in [3.8, 4) is 5.75 Å². The normalized spacial score (nSPS) is 13.8. The molecule has 8 heteroatoms. The van der Waals surface area contributed by atoms with Gasteiger partial charge in [-0.1, -0.05) is 30.0 Å². The van der Waals surface area contributed by atoms with Crippen LogP contribution < -0.4 is 15.0 Å². The average Bonchev–Trinajstić information content (AvgIpc) is 3.26. The molecule has 1 aliphatic rings. The summed E-state index contributed by atoms with van der Waals surface area (Å²) in [5.74, 6) is 1.60. The van der Waals surface area contributed by atoms with Crippen LogP contribution in [0.25, 0.3) is 0 Å². The minimum absolute atomic E-state index is 0.0850. The SMILES string of the molecule is Cc1ccccc1OCc1nc(SCC(=O)Nc2ccc(N3CCCCC3)cc2)n[nH]1. The van der Waals surface area contributed by atoms with Crippen LogP contribution in [-0.4, -0.2) is 39.9 Å². The van der Waals surface area contributed by atoms with Crippen LogP contribution >= 0.6 is 11.8 Å². The predicted octanol–water partition coefficient (Wildman–Crippen LogP) is 4.41. The van der Waals surface area contributed by atoms with Gasteiger partial charge in [0.1, 0.15) is 12.4 Å². The second-order valence-electron chi connectivity index (χ2n) is 7.55. The minimum atomic E-state index is -0.0850. The zero-order valence-corrected chi connectivity index (χ0v) is 18.5. The predicted molar refractivity (Wildman–Crippen MR) is 124 cm³/mol. The molecule has 1 amide bonds. The number of benzene rings is 2. The number of carbonyl (C=O) groups is 1. The van der Waals surface area contributed by atoms with Crippen LogP contribution in [0.15, 0.2) is 53.7 Å². The van der Waals surface area contributed by atoms with Crippen molar-refractivity contribution >= 4 is 29.0 Å². The Kier molecular flexibility index (Phi) is 7.09. The summed E-state index contributed by atoms with van der Waals surface area (Å²) in [7, 11) is 0. The van der Waals surface area contributed by atoms with Crippen molar-refractivity contribution in [2.24, 2.45) is 0 Å². The third-order valence-corrected chi connectivity index (χ3v) is 6.02. The van der Waals surface area contributed by atoms with E-state index in [2.05, 4.69) is 37.5 Å². The molecule has 162 valence electrons. The van der Waals surface area contributed by atoms with Crippen LogP contribution in [0.5, 0.6) is 5.75 Å². The van der Waals surface area contributed by atoms with Crippen molar-refractivity contribution in [2.45, 2.75) is 37.9 Å². The van der Waals surface area contributed by atoms with Crippen LogP contribution in [0.3, 0.4) is 0 Å². The first kappa shape index (κ1) is 21.2. The maximum absolute atomic E-state index is 12.3. The van der Waals surface area contributed by atoms with Crippen LogP contribution in [0.4, 0.5) is 11.4 Å². The topological polar surface area (TPSA) is 83.1 Å². The highest BCUT2D eigenvalue weighted by atomic mass is 32.2. The Hall–Kier alpha value is -3.00. The van der Waals surface area contributed by atoms with E-state index in [-0.39, 0.29) is 11.7 Å². The van der Waals surface area contributed by atoms with Gasteiger partial charge in [-0.25, -0.2) is 4.98 Å². The second-order valence-corrected chi connectivity index (χ2v) is 8.49. The van der Waals surface area contributed by atoms with Gasteiger partial charge in [0.2, 0.25) is 11.1 Å². The molecule has 1 saturated heterocycles. The fourth-order valence-electron chi connectivity index (χ4n) is 3.51. The van der Waals surface area contributed by atoms with Crippen molar-refractivity contribution in [3.05, 3.63) is 59.9 Å². The van der Waals surface area contributed by atoms with Crippen LogP contribution in [0.2, 0.25) is 0 Å². The third-order valence-electron chi connectivity index (χ3n) is 5.17. The number of hydrogen-bond donors (Lipinski definition) is 2. The summed E-state index contributed by atoms with van der Waals surface area (Å²) in [6.07, 6.45) is 3.81. The lowest BCUT2D eigenvalue weighted by atomic mass is 10.1. The fraction of sp³-hybridized carbons (Fsp3) is 0.348. The monoisotopic (exact) mass is 437 g/mol. The number of amides is 1. The Balaban J connectivity index is 1.22. The first-order chi connectivity index (χ1) is 15.2. The Morgan fingerprint density at radius 3 is 2.68 bits per heavy atom. The lowest BCUT2D eigenvalue weighted by Gasteiger charge is -2.28. The zero-order chi connectivity index (χ0) is 21.5. The number of piperidine rings is 1. The van der Waals surface area contributed by atoms with Gasteiger partial charge in [-0.15, -0.1) is 5.10 Å². The largest absolute Gasteiger partial charge is 0.485 e. The molecule has 0 bridgehead atoms. The summed E-state index contributed by atoms with van der Waals surface area (Å²) in [6, 6.07) is 15.9. The van der Waals surface area contributed by atoms with Gasteiger partial charge in [0.25, 0.3) is 0 Å². The highest BCUT2D eigenvalue weighted by Crippen LogP contribution is 2.22. The number of aromatic amines is 1. The Labute approximate surface area is 186 Å². The van der Waals surface area contributed by atoms with E-state index in [0.29, 0.717) is 17.6 Å². The standard InChI is InChI=1S/C23H27N5O2S/c1-17-7-3-4-8-20(17)30-15-21-25-23(27-26-21)31-16-22(29)24-18-9-11-19(12-10-18)28-13-5-2-6-14-28/h3-4,7-12H,2,5-6,13-16H2,1H3,(H,24,29)(H,25,26,27). The number of rotatable bonds is 8. The summed E-state index contributed by atoms with van der Waals surface area (Å²) in [5, 5.41) is 10.5. The van der Waals surface area contributed by atoms with Crippen LogP contribution in [-0.2, 0) is 11.4 Å². The van der Waals surface area contributed by atoms with E-state index < -0.39 is 0 Å². The fourth-order valence-corrected chi connectivity index (χ4v) is 4.12. The summed E-state index contributed by atoms with van der Waals surface area (Å²) < 4.78 is 5.77. The molecule has 0 aliphatic carbocycles. The quantitative estimate of drug-likeness (QED) is 0.508. The van der Waals surface area contributed by atoms with Gasteiger partial charge in [0, 0.05) is 24.5 Å². The molecule has 2 heterocycles. The number of H-pyrrole nitrogens is 1. The second kappa shape index (κ2) is 10.3. The number of ether oxygens (including phenoxy) is 1. The molecular formula is C23H27N5O2S. The van der Waals surface area contributed by atoms with Crippen LogP contribution in [0.1, 0.15) is 30.7 Å². The number of thioether (sulfide) groups is 1. The molecule has 3 aromatic rings. The van der Waals surface area contributed by atoms with Gasteiger partial charge in [-0.2, -0.15) is 0 Å². The van der Waals surface area contributed by atoms with Crippen molar-refractivity contribution < 1.29 is 9.53 Å². The van der Waals surface area contributed by atoms with Gasteiger partial charge < -0.3 is 15.0 Å². The Morgan fingerprint density at radius 1 is 1.13 bits per heavy atom. The maximum atomic E-state index is 12.3. The van der Waals surface area contributed by atoms with Crippen molar-refractivity contribution in [3.63, 3.8) is 0 Å². The molecule has 0 saturated carbocycles. The van der Waals surface area contributed by atoms with E-state index in [1.165, 1.54) is 36.7 Å². The van der Waals surface area contributed by atoms with Crippen molar-refractivity contribution in [2.75, 3.05) is 29.1 Å². The molecule has 1 fully saturated rings. The molecule has 1 aromatic heterocycles. The molecule has 0 atom stereocenters. The maximum Gasteiger partial charge on any atom is 0.234 e. The Morgan fingerprint density at radius 2 is 1.90 bits per heavy atom. The summed E-state index contributed by atoms with van der Waals surface area (Å²) in [6.45, 7) is 4.51. The van der Waals surface area contributed by atoms with Gasteiger partial charge in [-0.3, -0.25) is 9.89 Å². The molecular weight excluding hydrogens is 410 g/mol. The molecule has 1 aliphatic heterocycles. The highest BCUT2D eigenvalue weighted by molar-refractivity contribution is 7.99. The first-order valence-electron chi connectivity index (χ1n) is 10.5. The minimum Gasteiger partial charge on any atom is -0.485 e. The molecule has 2 aromatic carbocycles. The molecule has 0 unspecified atom stereocenters. The lowest BCUT2D eigenvalue weighted by molar-refractivity contribution is -0.113. The number of para-hydroxylation sites is 1. The molecule has 31 heavy (non-hydrogen) atoms. The van der Waals surface area contributed by atoms with E-state index in [0.717, 1.165) is 30.1 Å². The molecule has 0 radical (unpaired) electrons. The van der Waals surface area contributed by atoms with E-state index in [4.69, 9.17) is 4.74 Å². The summed E-state index contributed by atoms with van der Waals surface area (Å²) >= 11 is 1.29. The van der Waals surface area contributed by atoms with Gasteiger partial charge in [0.05, 0.1) is 5.75 Å². The van der Waals surface area contributed by atoms with Gasteiger partial charge in [0.15, 0.2) is 5.82 Å². The molecule has 4 rings (SSSR count). The zero-order valence-electron chi connectivity index (χ0n) is 17.6. The summed E-state index contributed by atoms with van der Waals surface area (Å²) in [4.78, 5) is 19.1. The Bertz CT molecular complexity index is 999. The highest BCUT2D eigenvalue weighted by Gasteiger charge is 2.12. The first-order valence-corrected chi connectivity index (χ1v) is 11.5. The summed E-state index contributed by atoms with van der Waals surface area (Å²) in [5.41, 5.74) is 3.08. The van der Waals surface area contributed by atoms with E-state index in [9.17, 15) is 4.79 Å². The number of anilines is 2. The van der Waals surface area contributed by atoms with E-state index >= 15 is 0 Å². The molecule has 2 N–H and O–H groups in total. The van der Waals surface area contributed by atoms with Crippen molar-refractivity contribution in [1.29, 1.82) is 0 Å². The third kappa shape index (κ3) is 6.01. The van der Waals surface area contributed by atoms with Gasteiger partial charge in [-0.05, 0) is 62.1 Å². The van der Waals surface area contributed by atoms with Crippen molar-refractivity contribution in [1.82, 2.24) is 15.2 Å². The van der Waals surface area contributed by atoms with E-state index in [1.807, 2.05) is 43.3 Å². The van der Waals surface area contributed by atoms with Crippen LogP contribution in [0, 0.1) is 6.92 Å². The number of nitrogens with zero attached hydrogens (tertiary/aromatic N) is 3. The number of hydrogen-bond acceptors (Lipinski definition) is 6. The molecule has 7 nitrogen and oxygen atoms in total. The smallest absolute Gasteiger partial charge is 0.234 e. The number of aryl methyl sites for hydroxylation is 1. The number of carbonyl (C=O) groups excluding carboxylic acids is 1. The average molecular weight is 438 g/mol. The lowest BCUT2D eigenvalue weighted by Crippen LogP contribution is -2.29. The van der Waals surface area contributed by atoms with Gasteiger partial charge >= 0.3 is 0 Å². The number of aromatic nitrogens is 3. The number of nitrogens with one attached hydrogen (secondary N) is 2.